The molecule has 0 amide bonds. The van der Waals surface area contributed by atoms with Crippen molar-refractivity contribution in [2.75, 3.05) is 0 Å². The molecule has 1 aromatic carbocycles. The highest BCUT2D eigenvalue weighted by Gasteiger charge is 2.56. The number of hydrogen-bond donors (Lipinski definition) is 1. The first-order chi connectivity index (χ1) is 13.7. The Hall–Kier alpha value is -2.63. The van der Waals surface area contributed by atoms with Crippen molar-refractivity contribution < 1.29 is 18.2 Å². The van der Waals surface area contributed by atoms with Crippen molar-refractivity contribution in [1.82, 2.24) is 4.48 Å². The second kappa shape index (κ2) is 6.44. The third-order valence-corrected chi connectivity index (χ3v) is 6.63. The number of aromatic hydroxyl groups is 1. The maximum absolute atomic E-state index is 16.1. The Morgan fingerprint density at radius 2 is 1.76 bits per heavy atom. The number of hydrogen-bond acceptors (Lipinski definition) is 1. The van der Waals surface area contributed by atoms with Crippen LogP contribution >= 0.6 is 0 Å². The summed E-state index contributed by atoms with van der Waals surface area (Å²) in [6, 6.07) is 6.93. The molecule has 1 aromatic heterocycles. The summed E-state index contributed by atoms with van der Waals surface area (Å²) >= 11 is 0. The zero-order valence-electron chi connectivity index (χ0n) is 17.9. The standard InChI is InChI=1S/C23H27BF2N2O/c1-7-19-13(3)22-21(17-10-9-11-18(29)12-17)23-14(4)20(8-2)16(6)28(23)24(25,26)27(22)15(19)5/h9-12,29H,7-8H2,1-6H3. The van der Waals surface area contributed by atoms with E-state index in [0.29, 0.717) is 35.6 Å². The Labute approximate surface area is 170 Å². The molecule has 0 spiro atoms. The van der Waals surface area contributed by atoms with E-state index in [2.05, 4.69) is 0 Å². The van der Waals surface area contributed by atoms with Crippen LogP contribution in [0.5, 0.6) is 5.75 Å². The van der Waals surface area contributed by atoms with Gasteiger partial charge in [-0.15, -0.1) is 0 Å². The van der Waals surface area contributed by atoms with Crippen molar-refractivity contribution in [2.24, 2.45) is 0 Å². The van der Waals surface area contributed by atoms with Crippen LogP contribution in [0, 0.1) is 13.8 Å². The molecule has 0 bridgehead atoms. The van der Waals surface area contributed by atoms with Crippen LogP contribution < -0.4 is 0 Å². The molecule has 6 heteroatoms. The van der Waals surface area contributed by atoms with E-state index in [4.69, 9.17) is 0 Å². The Morgan fingerprint density at radius 3 is 2.34 bits per heavy atom. The monoisotopic (exact) mass is 396 g/mol. The van der Waals surface area contributed by atoms with Crippen molar-refractivity contribution >= 4 is 18.3 Å². The van der Waals surface area contributed by atoms with Gasteiger partial charge in [0.2, 0.25) is 0 Å². The van der Waals surface area contributed by atoms with E-state index < -0.39 is 6.97 Å². The minimum Gasteiger partial charge on any atom is -0.508 e. The van der Waals surface area contributed by atoms with Gasteiger partial charge in [-0.3, -0.25) is 0 Å². The van der Waals surface area contributed by atoms with Crippen LogP contribution in [0.4, 0.5) is 8.63 Å². The van der Waals surface area contributed by atoms with Gasteiger partial charge in [0.25, 0.3) is 0 Å². The van der Waals surface area contributed by atoms with E-state index in [9.17, 15) is 5.11 Å². The third kappa shape index (κ3) is 2.44. The summed E-state index contributed by atoms with van der Waals surface area (Å²) < 4.78 is 34.6. The summed E-state index contributed by atoms with van der Waals surface area (Å²) in [6.07, 6.45) is 1.40. The van der Waals surface area contributed by atoms with Crippen molar-refractivity contribution in [3.05, 3.63) is 69.2 Å². The first-order valence-electron chi connectivity index (χ1n) is 10.3. The van der Waals surface area contributed by atoms with Crippen LogP contribution in [0.15, 0.2) is 41.1 Å². The quantitative estimate of drug-likeness (QED) is 0.674. The zero-order chi connectivity index (χ0) is 21.2. The summed E-state index contributed by atoms with van der Waals surface area (Å²) in [4.78, 5) is 0. The van der Waals surface area contributed by atoms with E-state index in [1.165, 1.54) is 8.96 Å². The molecule has 0 saturated heterocycles. The molecule has 2 aliphatic rings. The van der Waals surface area contributed by atoms with Gasteiger partial charge in [0.15, 0.2) is 5.70 Å². The summed E-state index contributed by atoms with van der Waals surface area (Å²) in [5.41, 5.74) is 7.65. The highest BCUT2D eigenvalue weighted by atomic mass is 19.2. The predicted octanol–water partition coefficient (Wildman–Crippen LogP) is 5.58. The maximum atomic E-state index is 16.1. The number of halogens is 2. The Kier molecular flexibility index (Phi) is 4.37. The molecule has 0 aliphatic carbocycles. The fraction of sp³-hybridized carbons (Fsp3) is 0.348. The summed E-state index contributed by atoms with van der Waals surface area (Å²) in [6.45, 7) is 7.46. The molecule has 152 valence electrons. The molecule has 0 radical (unpaired) electrons. The van der Waals surface area contributed by atoms with Gasteiger partial charge in [-0.1, -0.05) is 26.0 Å². The molecule has 2 aliphatic heterocycles. The van der Waals surface area contributed by atoms with Crippen LogP contribution in [0.3, 0.4) is 0 Å². The van der Waals surface area contributed by atoms with Crippen molar-refractivity contribution in [2.45, 2.75) is 54.4 Å². The van der Waals surface area contributed by atoms with Gasteiger partial charge in [-0.05, 0) is 68.1 Å². The van der Waals surface area contributed by atoms with Crippen LogP contribution in [0.25, 0.3) is 5.57 Å². The first kappa shape index (κ1) is 19.7. The number of benzene rings is 1. The Balaban J connectivity index is 2.24. The van der Waals surface area contributed by atoms with Crippen LogP contribution in [-0.4, -0.2) is 26.8 Å². The molecule has 4 rings (SSSR count). The molecular formula is C23H27BF2N2O. The number of phenolic OH excluding ortho intramolecular Hbond substituents is 1. The van der Waals surface area contributed by atoms with Gasteiger partial charge in [0.1, 0.15) is 11.5 Å². The predicted molar refractivity (Wildman–Crippen MR) is 115 cm³/mol. The zero-order valence-corrected chi connectivity index (χ0v) is 17.9. The number of rotatable bonds is 3. The van der Waals surface area contributed by atoms with E-state index >= 15 is 8.63 Å². The highest BCUT2D eigenvalue weighted by molar-refractivity contribution is 6.58. The second-order valence-electron chi connectivity index (χ2n) is 8.04. The lowest BCUT2D eigenvalue weighted by molar-refractivity contribution is -0.363. The molecule has 3 heterocycles. The van der Waals surface area contributed by atoms with Gasteiger partial charge in [-0.25, -0.2) is 0 Å². The van der Waals surface area contributed by atoms with Gasteiger partial charge < -0.3 is 22.7 Å². The number of phenols is 1. The SMILES string of the molecule is CCC1=C(C)C2=C(c3cccc(O)c3)c3c(C)c(CC)c(C)n3[B-](F)(F)[N+]2=C1C. The molecule has 0 unspecified atom stereocenters. The normalized spacial score (nSPS) is 17.9. The first-order valence-corrected chi connectivity index (χ1v) is 10.3. The lowest BCUT2D eigenvalue weighted by atomic mass is 9.83. The van der Waals surface area contributed by atoms with Crippen LogP contribution in [0.2, 0.25) is 0 Å². The Bertz CT molecular complexity index is 1150. The van der Waals surface area contributed by atoms with E-state index in [-0.39, 0.29) is 5.75 Å². The molecule has 1 N–H and O–H groups in total. The number of fused-ring (bicyclic) bond motifs is 2. The summed E-state index contributed by atoms with van der Waals surface area (Å²) in [5, 5.41) is 10.1. The fourth-order valence-electron chi connectivity index (χ4n) is 5.41. The molecule has 0 fully saturated rings. The number of aromatic nitrogens is 1. The third-order valence-electron chi connectivity index (χ3n) is 6.63. The van der Waals surface area contributed by atoms with E-state index in [0.717, 1.165) is 33.4 Å². The number of allylic oxidation sites excluding steroid dienone is 2. The van der Waals surface area contributed by atoms with Crippen molar-refractivity contribution in [1.29, 1.82) is 0 Å². The lowest BCUT2D eigenvalue weighted by Gasteiger charge is -2.34. The van der Waals surface area contributed by atoms with Crippen LogP contribution in [-0.2, 0) is 6.42 Å². The van der Waals surface area contributed by atoms with Gasteiger partial charge >= 0.3 is 6.97 Å². The maximum Gasteiger partial charge on any atom is 0.737 e. The minimum absolute atomic E-state index is 0.129. The van der Waals surface area contributed by atoms with Gasteiger partial charge in [0, 0.05) is 23.8 Å². The molecule has 2 aromatic rings. The number of nitrogens with zero attached hydrogens (tertiary/aromatic N) is 2. The van der Waals surface area contributed by atoms with E-state index in [1.807, 2.05) is 33.8 Å². The second-order valence-corrected chi connectivity index (χ2v) is 8.04. The minimum atomic E-state index is -4.02. The van der Waals surface area contributed by atoms with Crippen molar-refractivity contribution in [3.8, 4) is 5.75 Å². The molecule has 3 nitrogen and oxygen atoms in total. The average molecular weight is 396 g/mol. The molecule has 29 heavy (non-hydrogen) atoms. The summed E-state index contributed by atoms with van der Waals surface area (Å²) in [7, 11) is 0. The van der Waals surface area contributed by atoms with E-state index in [1.54, 1.807) is 32.0 Å². The topological polar surface area (TPSA) is 28.2 Å². The van der Waals surface area contributed by atoms with Crippen molar-refractivity contribution in [3.63, 3.8) is 0 Å². The lowest BCUT2D eigenvalue weighted by Crippen LogP contribution is -2.51. The Morgan fingerprint density at radius 1 is 1.07 bits per heavy atom. The summed E-state index contributed by atoms with van der Waals surface area (Å²) in [5.74, 6) is 0.129. The average Bonchev–Trinajstić information content (AvgIpc) is 3.07. The van der Waals surface area contributed by atoms with Gasteiger partial charge in [0.05, 0.1) is 5.57 Å². The smallest absolute Gasteiger partial charge is 0.508 e. The highest BCUT2D eigenvalue weighted by Crippen LogP contribution is 2.47. The van der Waals surface area contributed by atoms with Gasteiger partial charge in [-0.2, -0.15) is 0 Å². The molecule has 0 atom stereocenters. The molecular weight excluding hydrogens is 369 g/mol. The van der Waals surface area contributed by atoms with Crippen LogP contribution in [0.1, 0.15) is 62.2 Å². The molecule has 0 saturated carbocycles. The fourth-order valence-corrected chi connectivity index (χ4v) is 5.41. The largest absolute Gasteiger partial charge is 0.737 e.